The first kappa shape index (κ1) is 14.4. The monoisotopic (exact) mass is 327 g/mol. The van der Waals surface area contributed by atoms with Gasteiger partial charge in [-0.05, 0) is 55.7 Å². The third kappa shape index (κ3) is 4.29. The van der Waals surface area contributed by atoms with E-state index in [0.717, 1.165) is 18.2 Å². The van der Waals surface area contributed by atoms with E-state index < -0.39 is 0 Å². The Bertz CT molecular complexity index is 346. The van der Waals surface area contributed by atoms with Gasteiger partial charge in [-0.15, -0.1) is 0 Å². The molecule has 1 fully saturated rings. The zero-order chi connectivity index (χ0) is 12.8. The van der Waals surface area contributed by atoms with E-state index in [1.54, 1.807) is 0 Å². The molecule has 0 amide bonds. The fourth-order valence-electron chi connectivity index (χ4n) is 2.46. The molecule has 1 heterocycles. The van der Waals surface area contributed by atoms with Crippen LogP contribution < -0.4 is 5.32 Å². The van der Waals surface area contributed by atoms with Crippen LogP contribution in [0.25, 0.3) is 0 Å². The molecule has 1 saturated heterocycles. The molecule has 2 unspecified atom stereocenters. The lowest BCUT2D eigenvalue weighted by Crippen LogP contribution is -2.39. The van der Waals surface area contributed by atoms with Gasteiger partial charge in [-0.25, -0.2) is 0 Å². The highest BCUT2D eigenvalue weighted by Gasteiger charge is 2.25. The number of halogens is 1. The van der Waals surface area contributed by atoms with Crippen LogP contribution in [-0.2, 0) is 6.42 Å². The fourth-order valence-corrected chi connectivity index (χ4v) is 4.12. The van der Waals surface area contributed by atoms with Crippen LogP contribution in [0, 0.1) is 0 Å². The molecule has 1 aliphatic heterocycles. The van der Waals surface area contributed by atoms with E-state index in [2.05, 4.69) is 64.2 Å². The molecule has 2 atom stereocenters. The first-order valence-corrected chi connectivity index (χ1v) is 8.73. The number of rotatable bonds is 6. The van der Waals surface area contributed by atoms with Gasteiger partial charge in [0.1, 0.15) is 0 Å². The Morgan fingerprint density at radius 2 is 2.17 bits per heavy atom. The van der Waals surface area contributed by atoms with Crippen molar-refractivity contribution >= 4 is 27.7 Å². The van der Waals surface area contributed by atoms with Crippen molar-refractivity contribution in [2.45, 2.75) is 43.9 Å². The van der Waals surface area contributed by atoms with Crippen LogP contribution in [0.2, 0.25) is 0 Å². The quantitative estimate of drug-likeness (QED) is 0.838. The van der Waals surface area contributed by atoms with Gasteiger partial charge in [0, 0.05) is 15.8 Å². The summed E-state index contributed by atoms with van der Waals surface area (Å²) in [5, 5.41) is 4.55. The fraction of sp³-hybridized carbons (Fsp3) is 0.600. The molecular weight excluding hydrogens is 306 g/mol. The Balaban J connectivity index is 1.97. The second kappa shape index (κ2) is 7.56. The predicted molar refractivity (Wildman–Crippen MR) is 85.4 cm³/mol. The molecule has 0 bridgehead atoms. The van der Waals surface area contributed by atoms with Crippen LogP contribution >= 0.6 is 27.7 Å². The summed E-state index contributed by atoms with van der Waals surface area (Å²) in [6, 6.07) is 9.41. The average molecular weight is 328 g/mol. The van der Waals surface area contributed by atoms with E-state index in [1.807, 2.05) is 0 Å². The molecule has 0 spiro atoms. The number of hydrogen-bond donors (Lipinski definition) is 1. The van der Waals surface area contributed by atoms with E-state index in [4.69, 9.17) is 0 Å². The van der Waals surface area contributed by atoms with Crippen molar-refractivity contribution in [3.05, 3.63) is 34.3 Å². The van der Waals surface area contributed by atoms with Gasteiger partial charge < -0.3 is 5.32 Å². The van der Waals surface area contributed by atoms with Gasteiger partial charge in [0.2, 0.25) is 0 Å². The third-order valence-electron chi connectivity index (χ3n) is 3.44. The molecule has 0 radical (unpaired) electrons. The minimum Gasteiger partial charge on any atom is -0.313 e. The van der Waals surface area contributed by atoms with Crippen molar-refractivity contribution in [2.24, 2.45) is 0 Å². The van der Waals surface area contributed by atoms with Crippen LogP contribution in [0.3, 0.4) is 0 Å². The maximum Gasteiger partial charge on any atom is 0.0226 e. The van der Waals surface area contributed by atoms with E-state index in [9.17, 15) is 0 Å². The molecule has 100 valence electrons. The molecule has 1 aromatic carbocycles. The SMILES string of the molecule is CCCNC(Cc1ccc(Br)cc1)C1CCCS1. The number of hydrogen-bond acceptors (Lipinski definition) is 2. The molecular formula is C15H22BrNS. The van der Waals surface area contributed by atoms with Gasteiger partial charge >= 0.3 is 0 Å². The summed E-state index contributed by atoms with van der Waals surface area (Å²) in [5.74, 6) is 1.34. The summed E-state index contributed by atoms with van der Waals surface area (Å²) in [6.07, 6.45) is 5.14. The van der Waals surface area contributed by atoms with Crippen molar-refractivity contribution in [3.63, 3.8) is 0 Å². The van der Waals surface area contributed by atoms with E-state index >= 15 is 0 Å². The van der Waals surface area contributed by atoms with Crippen LogP contribution in [0.1, 0.15) is 31.7 Å². The van der Waals surface area contributed by atoms with Crippen molar-refractivity contribution in [1.82, 2.24) is 5.32 Å². The first-order valence-electron chi connectivity index (χ1n) is 6.89. The molecule has 18 heavy (non-hydrogen) atoms. The van der Waals surface area contributed by atoms with E-state index in [-0.39, 0.29) is 0 Å². The smallest absolute Gasteiger partial charge is 0.0226 e. The Hall–Kier alpha value is 0.01000. The molecule has 0 saturated carbocycles. The van der Waals surface area contributed by atoms with Crippen molar-refractivity contribution in [2.75, 3.05) is 12.3 Å². The Labute approximate surface area is 123 Å². The second-order valence-corrected chi connectivity index (χ2v) is 7.21. The Morgan fingerprint density at radius 1 is 1.39 bits per heavy atom. The van der Waals surface area contributed by atoms with Crippen LogP contribution in [-0.4, -0.2) is 23.6 Å². The standard InChI is InChI=1S/C15H22BrNS/c1-2-9-17-14(15-4-3-10-18-15)11-12-5-7-13(16)8-6-12/h5-8,14-15,17H,2-4,9-11H2,1H3. The van der Waals surface area contributed by atoms with Crippen LogP contribution in [0.4, 0.5) is 0 Å². The topological polar surface area (TPSA) is 12.0 Å². The van der Waals surface area contributed by atoms with E-state index in [0.29, 0.717) is 6.04 Å². The maximum absolute atomic E-state index is 3.74. The largest absolute Gasteiger partial charge is 0.313 e. The Morgan fingerprint density at radius 3 is 2.78 bits per heavy atom. The van der Waals surface area contributed by atoms with Gasteiger partial charge in [-0.2, -0.15) is 11.8 Å². The van der Waals surface area contributed by atoms with Crippen LogP contribution in [0.15, 0.2) is 28.7 Å². The molecule has 1 aromatic rings. The lowest BCUT2D eigenvalue weighted by molar-refractivity contribution is 0.482. The Kier molecular flexibility index (Phi) is 6.06. The molecule has 1 nitrogen and oxygen atoms in total. The van der Waals surface area contributed by atoms with Gasteiger partial charge in [0.25, 0.3) is 0 Å². The summed E-state index contributed by atoms with van der Waals surface area (Å²) in [7, 11) is 0. The van der Waals surface area contributed by atoms with Gasteiger partial charge in [-0.3, -0.25) is 0 Å². The van der Waals surface area contributed by atoms with Crippen molar-refractivity contribution in [1.29, 1.82) is 0 Å². The van der Waals surface area contributed by atoms with E-state index in [1.165, 1.54) is 35.1 Å². The minimum absolute atomic E-state index is 0.638. The lowest BCUT2D eigenvalue weighted by atomic mass is 10.0. The average Bonchev–Trinajstić information content (AvgIpc) is 2.90. The minimum atomic E-state index is 0.638. The first-order chi connectivity index (χ1) is 8.79. The molecule has 1 aliphatic rings. The summed E-state index contributed by atoms with van der Waals surface area (Å²) >= 11 is 5.65. The highest BCUT2D eigenvalue weighted by atomic mass is 79.9. The zero-order valence-electron chi connectivity index (χ0n) is 11.0. The van der Waals surface area contributed by atoms with Gasteiger partial charge in [0.15, 0.2) is 0 Å². The molecule has 1 N–H and O–H groups in total. The van der Waals surface area contributed by atoms with Crippen molar-refractivity contribution < 1.29 is 0 Å². The highest BCUT2D eigenvalue weighted by Crippen LogP contribution is 2.30. The third-order valence-corrected chi connectivity index (χ3v) is 5.48. The zero-order valence-corrected chi connectivity index (χ0v) is 13.4. The normalized spacial score (nSPS) is 21.1. The van der Waals surface area contributed by atoms with Crippen molar-refractivity contribution in [3.8, 4) is 0 Å². The van der Waals surface area contributed by atoms with Gasteiger partial charge in [-0.1, -0.05) is 35.0 Å². The van der Waals surface area contributed by atoms with Crippen LogP contribution in [0.5, 0.6) is 0 Å². The number of nitrogens with one attached hydrogen (secondary N) is 1. The highest BCUT2D eigenvalue weighted by molar-refractivity contribution is 9.10. The summed E-state index contributed by atoms with van der Waals surface area (Å²) in [4.78, 5) is 0. The lowest BCUT2D eigenvalue weighted by Gasteiger charge is -2.24. The molecule has 0 aliphatic carbocycles. The van der Waals surface area contributed by atoms with Gasteiger partial charge in [0.05, 0.1) is 0 Å². The summed E-state index contributed by atoms with van der Waals surface area (Å²) in [6.45, 7) is 3.38. The maximum atomic E-state index is 3.74. The molecule has 0 aromatic heterocycles. The second-order valence-electron chi connectivity index (χ2n) is 4.94. The molecule has 2 rings (SSSR count). The number of thioether (sulfide) groups is 1. The predicted octanol–water partition coefficient (Wildman–Crippen LogP) is 4.26. The molecule has 3 heteroatoms. The summed E-state index contributed by atoms with van der Waals surface area (Å²) < 4.78 is 1.17. The summed E-state index contributed by atoms with van der Waals surface area (Å²) in [5.41, 5.74) is 1.44. The number of benzene rings is 1.